The van der Waals surface area contributed by atoms with Gasteiger partial charge in [-0.2, -0.15) is 0 Å². The lowest BCUT2D eigenvalue weighted by molar-refractivity contribution is 0.363. The zero-order valence-electron chi connectivity index (χ0n) is 12.2. The largest absolute Gasteiger partial charge is 0.379 e. The van der Waals surface area contributed by atoms with Gasteiger partial charge in [0.25, 0.3) is 0 Å². The Kier molecular flexibility index (Phi) is 3.12. The number of aliphatic imine (C=N–C) groups is 1. The first kappa shape index (κ1) is 13.9. The predicted octanol–water partition coefficient (Wildman–Crippen LogP) is 3.91. The zero-order valence-corrected chi connectivity index (χ0v) is 13.0. The molecule has 1 aliphatic heterocycles. The van der Waals surface area contributed by atoms with E-state index < -0.39 is 5.54 Å². The predicted molar refractivity (Wildman–Crippen MR) is 83.3 cm³/mol. The van der Waals surface area contributed by atoms with E-state index in [-0.39, 0.29) is 11.2 Å². The summed E-state index contributed by atoms with van der Waals surface area (Å²) in [6, 6.07) is 6.98. The minimum absolute atomic E-state index is 0.161. The van der Waals surface area contributed by atoms with Crippen LogP contribution < -0.4 is 5.73 Å². The number of nitrogens with two attached hydrogens (primary N) is 1. The molecule has 1 aromatic carbocycles. The normalized spacial score (nSPS) is 33.1. The van der Waals surface area contributed by atoms with Crippen molar-refractivity contribution in [2.45, 2.75) is 44.4 Å². The first-order valence-corrected chi connectivity index (χ1v) is 7.98. The number of thioether (sulfide) groups is 1. The molecule has 0 aromatic heterocycles. The second kappa shape index (κ2) is 4.48. The average molecular weight is 292 g/mol. The summed E-state index contributed by atoms with van der Waals surface area (Å²) in [7, 11) is 0. The lowest BCUT2D eigenvalue weighted by Gasteiger charge is -2.29. The fourth-order valence-corrected chi connectivity index (χ4v) is 4.33. The van der Waals surface area contributed by atoms with Crippen LogP contribution >= 0.6 is 11.8 Å². The fraction of sp³-hybridized carbons (Fsp3) is 0.562. The van der Waals surface area contributed by atoms with Crippen LogP contribution in [0.4, 0.5) is 4.39 Å². The lowest BCUT2D eigenvalue weighted by Crippen LogP contribution is -2.26. The molecule has 20 heavy (non-hydrogen) atoms. The van der Waals surface area contributed by atoms with E-state index in [4.69, 9.17) is 10.7 Å². The first-order chi connectivity index (χ1) is 9.33. The van der Waals surface area contributed by atoms with Crippen molar-refractivity contribution in [2.75, 3.05) is 0 Å². The molecular formula is C16H21FN2S. The number of nitrogens with zero attached hydrogens (tertiary/aromatic N) is 1. The quantitative estimate of drug-likeness (QED) is 0.852. The van der Waals surface area contributed by atoms with Crippen molar-refractivity contribution in [2.24, 2.45) is 22.1 Å². The Morgan fingerprint density at radius 1 is 1.35 bits per heavy atom. The molecule has 1 aliphatic carbocycles. The van der Waals surface area contributed by atoms with Crippen molar-refractivity contribution in [1.82, 2.24) is 0 Å². The van der Waals surface area contributed by atoms with Gasteiger partial charge in [0.15, 0.2) is 5.17 Å². The fourth-order valence-electron chi connectivity index (χ4n) is 3.14. The maximum absolute atomic E-state index is 14.1. The van der Waals surface area contributed by atoms with E-state index in [1.54, 1.807) is 17.8 Å². The molecular weight excluding hydrogens is 271 g/mol. The first-order valence-electron chi connectivity index (χ1n) is 7.10. The minimum atomic E-state index is -0.400. The molecule has 2 N–H and O–H groups in total. The van der Waals surface area contributed by atoms with E-state index >= 15 is 0 Å². The van der Waals surface area contributed by atoms with Gasteiger partial charge in [-0.1, -0.05) is 50.7 Å². The third-order valence-electron chi connectivity index (χ3n) is 4.45. The van der Waals surface area contributed by atoms with Crippen molar-refractivity contribution in [1.29, 1.82) is 0 Å². The van der Waals surface area contributed by atoms with E-state index in [2.05, 4.69) is 20.8 Å². The Labute approximate surface area is 124 Å². The van der Waals surface area contributed by atoms with E-state index in [1.807, 2.05) is 12.1 Å². The van der Waals surface area contributed by atoms with Crippen LogP contribution in [0.5, 0.6) is 0 Å². The molecule has 3 unspecified atom stereocenters. The van der Waals surface area contributed by atoms with Crippen LogP contribution in [-0.2, 0) is 5.54 Å². The van der Waals surface area contributed by atoms with Crippen LogP contribution in [0.3, 0.4) is 0 Å². The third kappa shape index (κ3) is 2.24. The molecule has 0 bridgehead atoms. The van der Waals surface area contributed by atoms with Crippen LogP contribution in [0.1, 0.15) is 39.2 Å². The summed E-state index contributed by atoms with van der Waals surface area (Å²) in [6.45, 7) is 6.70. The molecule has 2 nitrogen and oxygen atoms in total. The van der Waals surface area contributed by atoms with Crippen molar-refractivity contribution < 1.29 is 4.39 Å². The third-order valence-corrected chi connectivity index (χ3v) is 5.97. The lowest BCUT2D eigenvalue weighted by atomic mass is 9.87. The maximum atomic E-state index is 14.1. The summed E-state index contributed by atoms with van der Waals surface area (Å²) in [6.07, 6.45) is 1.97. The Balaban J connectivity index is 1.96. The van der Waals surface area contributed by atoms with Gasteiger partial charge in [0.05, 0.1) is 5.54 Å². The van der Waals surface area contributed by atoms with E-state index in [0.29, 0.717) is 21.9 Å². The molecule has 0 amide bonds. The summed E-state index contributed by atoms with van der Waals surface area (Å²) in [5.41, 5.74) is 6.59. The topological polar surface area (TPSA) is 38.4 Å². The summed E-state index contributed by atoms with van der Waals surface area (Å²) in [5.74, 6) is 0.253. The molecule has 0 saturated heterocycles. The van der Waals surface area contributed by atoms with Gasteiger partial charge < -0.3 is 5.73 Å². The molecule has 1 aromatic rings. The summed E-state index contributed by atoms with van der Waals surface area (Å²) < 4.78 is 14.1. The number of fused-ring (bicyclic) bond motifs is 1. The highest BCUT2D eigenvalue weighted by Gasteiger charge is 2.59. The summed E-state index contributed by atoms with van der Waals surface area (Å²) >= 11 is 1.65. The molecule has 1 heterocycles. The summed E-state index contributed by atoms with van der Waals surface area (Å²) in [4.78, 5) is 4.69. The molecule has 4 heteroatoms. The van der Waals surface area contributed by atoms with Crippen molar-refractivity contribution in [3.8, 4) is 0 Å². The van der Waals surface area contributed by atoms with Crippen LogP contribution in [0.25, 0.3) is 0 Å². The second-order valence-electron chi connectivity index (χ2n) is 6.96. The average Bonchev–Trinajstić information content (AvgIpc) is 3.01. The highest BCUT2D eigenvalue weighted by atomic mass is 32.2. The molecule has 3 atom stereocenters. The number of amidine groups is 1. The monoisotopic (exact) mass is 292 g/mol. The Bertz CT molecular complexity index is 564. The van der Waals surface area contributed by atoms with Crippen LogP contribution in [0, 0.1) is 17.2 Å². The molecule has 1 saturated carbocycles. The summed E-state index contributed by atoms with van der Waals surface area (Å²) in [5, 5.41) is 1.04. The van der Waals surface area contributed by atoms with E-state index in [0.717, 1.165) is 12.8 Å². The molecule has 0 spiro atoms. The van der Waals surface area contributed by atoms with Gasteiger partial charge >= 0.3 is 0 Å². The highest BCUT2D eigenvalue weighted by Crippen LogP contribution is 2.61. The van der Waals surface area contributed by atoms with Gasteiger partial charge in [0.1, 0.15) is 5.82 Å². The van der Waals surface area contributed by atoms with Gasteiger partial charge in [-0.25, -0.2) is 4.39 Å². The standard InChI is InChI=1S/C16H21FN2S/c1-15(2,3)13-8-10-9-16(10,19-14(18)20-13)11-6-4-5-7-12(11)17/h4-7,10,13H,8-9H2,1-3H3,(H2,18,19). The van der Waals surface area contributed by atoms with Crippen LogP contribution in [-0.4, -0.2) is 10.4 Å². The SMILES string of the molecule is CC(C)(C)C1CC2CC2(c2ccccc2F)N=C(N)S1. The van der Waals surface area contributed by atoms with Crippen LogP contribution in [0.15, 0.2) is 29.3 Å². The van der Waals surface area contributed by atoms with Crippen molar-refractivity contribution in [3.63, 3.8) is 0 Å². The number of halogens is 1. The molecule has 2 aliphatic rings. The van der Waals surface area contributed by atoms with Crippen molar-refractivity contribution in [3.05, 3.63) is 35.6 Å². The second-order valence-corrected chi connectivity index (χ2v) is 8.19. The van der Waals surface area contributed by atoms with Gasteiger partial charge in [0.2, 0.25) is 0 Å². The molecule has 3 rings (SSSR count). The Hall–Kier alpha value is -1.03. The van der Waals surface area contributed by atoms with Crippen molar-refractivity contribution >= 4 is 16.9 Å². The Morgan fingerprint density at radius 2 is 2.05 bits per heavy atom. The number of hydrogen-bond donors (Lipinski definition) is 1. The molecule has 1 fully saturated rings. The van der Waals surface area contributed by atoms with Crippen LogP contribution in [0.2, 0.25) is 0 Å². The zero-order chi connectivity index (χ0) is 14.5. The maximum Gasteiger partial charge on any atom is 0.155 e. The smallest absolute Gasteiger partial charge is 0.155 e. The van der Waals surface area contributed by atoms with Gasteiger partial charge in [-0.15, -0.1) is 0 Å². The number of benzene rings is 1. The highest BCUT2D eigenvalue weighted by molar-refractivity contribution is 8.14. The van der Waals surface area contributed by atoms with E-state index in [1.165, 1.54) is 6.07 Å². The van der Waals surface area contributed by atoms with E-state index in [9.17, 15) is 4.39 Å². The Morgan fingerprint density at radius 3 is 2.70 bits per heavy atom. The number of hydrogen-bond acceptors (Lipinski definition) is 3. The van der Waals surface area contributed by atoms with Gasteiger partial charge in [-0.05, 0) is 30.2 Å². The van der Waals surface area contributed by atoms with Gasteiger partial charge in [-0.3, -0.25) is 4.99 Å². The minimum Gasteiger partial charge on any atom is -0.379 e. The van der Waals surface area contributed by atoms with Gasteiger partial charge in [0, 0.05) is 10.8 Å². The molecule has 0 radical (unpaired) electrons. The molecule has 108 valence electrons. The number of rotatable bonds is 1.